The first-order valence-electron chi connectivity index (χ1n) is 5.64. The lowest BCUT2D eigenvalue weighted by molar-refractivity contribution is -0.384. The Labute approximate surface area is 119 Å². The molecule has 0 aromatic heterocycles. The first kappa shape index (κ1) is 15.6. The second kappa shape index (κ2) is 7.20. The molecule has 0 fully saturated rings. The summed E-state index contributed by atoms with van der Waals surface area (Å²) in [6, 6.07) is 3.93. The summed E-state index contributed by atoms with van der Waals surface area (Å²) in [5.74, 6) is -0.622. The number of ether oxygens (including phenoxy) is 2. The minimum absolute atomic E-state index is 0.0586. The zero-order chi connectivity index (χ0) is 14.4. The summed E-state index contributed by atoms with van der Waals surface area (Å²) in [4.78, 5) is 21.8. The first-order chi connectivity index (χ1) is 8.91. The Morgan fingerprint density at radius 2 is 2.11 bits per heavy atom. The second-order valence-electron chi connectivity index (χ2n) is 3.98. The third kappa shape index (κ3) is 4.96. The van der Waals surface area contributed by atoms with Crippen LogP contribution >= 0.6 is 15.9 Å². The van der Waals surface area contributed by atoms with E-state index in [9.17, 15) is 14.9 Å². The van der Waals surface area contributed by atoms with Gasteiger partial charge >= 0.3 is 5.97 Å². The minimum atomic E-state index is -0.622. The van der Waals surface area contributed by atoms with Crippen LogP contribution in [0.5, 0.6) is 0 Å². The van der Waals surface area contributed by atoms with Gasteiger partial charge in [-0.1, -0.05) is 0 Å². The molecule has 0 N–H and O–H groups in total. The highest BCUT2D eigenvalue weighted by molar-refractivity contribution is 9.10. The zero-order valence-electron chi connectivity index (χ0n) is 10.6. The lowest BCUT2D eigenvalue weighted by Crippen LogP contribution is -2.14. The largest absolute Gasteiger partial charge is 0.460 e. The van der Waals surface area contributed by atoms with Gasteiger partial charge in [-0.2, -0.15) is 0 Å². The Kier molecular flexibility index (Phi) is 5.91. The molecule has 0 aliphatic carbocycles. The van der Waals surface area contributed by atoms with E-state index in [0.29, 0.717) is 4.47 Å². The monoisotopic (exact) mass is 331 g/mol. The van der Waals surface area contributed by atoms with Crippen LogP contribution in [0.2, 0.25) is 0 Å². The number of nitro groups is 1. The molecule has 7 heteroatoms. The summed E-state index contributed by atoms with van der Waals surface area (Å²) in [5, 5.41) is 10.6. The summed E-state index contributed by atoms with van der Waals surface area (Å²) in [6.45, 7) is 4.14. The molecule has 0 bridgehead atoms. The van der Waals surface area contributed by atoms with E-state index in [2.05, 4.69) is 15.9 Å². The molecule has 0 radical (unpaired) electrons. The van der Waals surface area contributed by atoms with E-state index in [-0.39, 0.29) is 30.6 Å². The molecule has 1 rings (SSSR count). The van der Waals surface area contributed by atoms with Crippen molar-refractivity contribution in [2.24, 2.45) is 0 Å². The predicted octanol–water partition coefficient (Wildman–Crippen LogP) is 2.94. The summed E-state index contributed by atoms with van der Waals surface area (Å²) in [6.07, 6.45) is 0.0586. The van der Waals surface area contributed by atoms with Crippen LogP contribution in [0.4, 0.5) is 5.69 Å². The average molecular weight is 332 g/mol. The van der Waals surface area contributed by atoms with Gasteiger partial charge in [0.25, 0.3) is 5.69 Å². The molecule has 19 heavy (non-hydrogen) atoms. The maximum absolute atomic E-state index is 11.8. The van der Waals surface area contributed by atoms with Crippen molar-refractivity contribution in [3.8, 4) is 0 Å². The highest BCUT2D eigenvalue weighted by atomic mass is 79.9. The number of nitrogens with zero attached hydrogens (tertiary/aromatic N) is 1. The normalized spacial score (nSPS) is 10.5. The van der Waals surface area contributed by atoms with Crippen molar-refractivity contribution in [2.75, 3.05) is 13.2 Å². The maximum atomic E-state index is 11.8. The fourth-order valence-corrected chi connectivity index (χ4v) is 1.69. The molecule has 0 heterocycles. The minimum Gasteiger partial charge on any atom is -0.460 e. The number of nitro benzene ring substituents is 1. The molecular formula is C12H14BrNO5. The van der Waals surface area contributed by atoms with Crippen LogP contribution in [0.25, 0.3) is 0 Å². The van der Waals surface area contributed by atoms with Crippen LogP contribution in [-0.2, 0) is 9.47 Å². The van der Waals surface area contributed by atoms with Gasteiger partial charge in [0.05, 0.1) is 23.2 Å². The predicted molar refractivity (Wildman–Crippen MR) is 72.2 cm³/mol. The highest BCUT2D eigenvalue weighted by Gasteiger charge is 2.16. The number of benzene rings is 1. The summed E-state index contributed by atoms with van der Waals surface area (Å²) in [5.41, 5.74) is -0.0349. The molecule has 104 valence electrons. The molecule has 0 aliphatic rings. The van der Waals surface area contributed by atoms with Crippen LogP contribution in [0, 0.1) is 10.1 Å². The highest BCUT2D eigenvalue weighted by Crippen LogP contribution is 2.23. The number of esters is 1. The standard InChI is InChI=1S/C12H14BrNO5/c1-8(2)18-5-6-19-12(15)10-7-9(14(16)17)3-4-11(10)13/h3-4,7-8H,5-6H2,1-2H3. The molecule has 6 nitrogen and oxygen atoms in total. The van der Waals surface area contributed by atoms with Crippen molar-refractivity contribution in [3.05, 3.63) is 38.3 Å². The van der Waals surface area contributed by atoms with Crippen molar-refractivity contribution in [3.63, 3.8) is 0 Å². The lowest BCUT2D eigenvalue weighted by Gasteiger charge is -2.09. The van der Waals surface area contributed by atoms with E-state index in [1.165, 1.54) is 18.2 Å². The topological polar surface area (TPSA) is 78.7 Å². The van der Waals surface area contributed by atoms with Crippen LogP contribution in [-0.4, -0.2) is 30.2 Å². The van der Waals surface area contributed by atoms with Gasteiger partial charge in [-0.25, -0.2) is 4.79 Å². The average Bonchev–Trinajstić information content (AvgIpc) is 2.34. The summed E-state index contributed by atoms with van der Waals surface area (Å²) >= 11 is 3.16. The van der Waals surface area contributed by atoms with E-state index < -0.39 is 10.9 Å². The van der Waals surface area contributed by atoms with Gasteiger partial charge in [0.1, 0.15) is 6.61 Å². The van der Waals surface area contributed by atoms with E-state index in [1.54, 1.807) is 0 Å². The molecular weight excluding hydrogens is 318 g/mol. The van der Waals surface area contributed by atoms with Gasteiger partial charge in [-0.05, 0) is 35.8 Å². The molecule has 1 aromatic carbocycles. The van der Waals surface area contributed by atoms with E-state index >= 15 is 0 Å². The van der Waals surface area contributed by atoms with Gasteiger partial charge in [0.15, 0.2) is 0 Å². The van der Waals surface area contributed by atoms with Gasteiger partial charge in [0.2, 0.25) is 0 Å². The number of halogens is 1. The fraction of sp³-hybridized carbons (Fsp3) is 0.417. The Morgan fingerprint density at radius 1 is 1.42 bits per heavy atom. The van der Waals surface area contributed by atoms with Crippen molar-refractivity contribution in [1.29, 1.82) is 0 Å². The number of carbonyl (C=O) groups is 1. The lowest BCUT2D eigenvalue weighted by atomic mass is 10.2. The van der Waals surface area contributed by atoms with Gasteiger partial charge < -0.3 is 9.47 Å². The molecule has 0 spiro atoms. The van der Waals surface area contributed by atoms with Crippen molar-refractivity contribution in [2.45, 2.75) is 20.0 Å². The van der Waals surface area contributed by atoms with Crippen molar-refractivity contribution >= 4 is 27.6 Å². The number of non-ortho nitro benzene ring substituents is 1. The Bertz CT molecular complexity index is 475. The Morgan fingerprint density at radius 3 is 2.68 bits per heavy atom. The molecule has 0 saturated carbocycles. The molecule has 1 aromatic rings. The number of carbonyl (C=O) groups excluding carboxylic acids is 1. The molecule has 0 unspecified atom stereocenters. The van der Waals surface area contributed by atoms with Gasteiger partial charge in [-0.3, -0.25) is 10.1 Å². The zero-order valence-corrected chi connectivity index (χ0v) is 12.2. The summed E-state index contributed by atoms with van der Waals surface area (Å²) in [7, 11) is 0. The number of hydrogen-bond donors (Lipinski definition) is 0. The quantitative estimate of drug-likeness (QED) is 0.346. The number of rotatable bonds is 6. The Balaban J connectivity index is 2.66. The molecule has 0 atom stereocenters. The molecule has 0 saturated heterocycles. The first-order valence-corrected chi connectivity index (χ1v) is 6.43. The SMILES string of the molecule is CC(C)OCCOC(=O)c1cc([N+](=O)[O-])ccc1Br. The van der Waals surface area contributed by atoms with E-state index in [1.807, 2.05) is 13.8 Å². The van der Waals surface area contributed by atoms with E-state index in [4.69, 9.17) is 9.47 Å². The second-order valence-corrected chi connectivity index (χ2v) is 4.83. The van der Waals surface area contributed by atoms with Gasteiger partial charge in [0, 0.05) is 16.6 Å². The third-order valence-electron chi connectivity index (χ3n) is 2.15. The molecule has 0 aliphatic heterocycles. The molecule has 0 amide bonds. The van der Waals surface area contributed by atoms with Crippen LogP contribution in [0.3, 0.4) is 0 Å². The van der Waals surface area contributed by atoms with Crippen molar-refractivity contribution < 1.29 is 19.2 Å². The van der Waals surface area contributed by atoms with Crippen LogP contribution in [0.1, 0.15) is 24.2 Å². The summed E-state index contributed by atoms with van der Waals surface area (Å²) < 4.78 is 10.7. The van der Waals surface area contributed by atoms with Crippen molar-refractivity contribution in [1.82, 2.24) is 0 Å². The fourth-order valence-electron chi connectivity index (χ4n) is 1.28. The van der Waals surface area contributed by atoms with Crippen LogP contribution in [0.15, 0.2) is 22.7 Å². The maximum Gasteiger partial charge on any atom is 0.339 e. The number of hydrogen-bond acceptors (Lipinski definition) is 5. The smallest absolute Gasteiger partial charge is 0.339 e. The van der Waals surface area contributed by atoms with Gasteiger partial charge in [-0.15, -0.1) is 0 Å². The van der Waals surface area contributed by atoms with E-state index in [0.717, 1.165) is 0 Å². The van der Waals surface area contributed by atoms with Crippen LogP contribution < -0.4 is 0 Å². The third-order valence-corrected chi connectivity index (χ3v) is 2.84. The Hall–Kier alpha value is -1.47.